The number of nitrogens with one attached hydrogen (secondary N) is 1. The van der Waals surface area contributed by atoms with Crippen molar-refractivity contribution in [2.24, 2.45) is 11.8 Å². The van der Waals surface area contributed by atoms with Gasteiger partial charge in [0.25, 0.3) is 0 Å². The fourth-order valence-corrected chi connectivity index (χ4v) is 3.67. The van der Waals surface area contributed by atoms with Crippen LogP contribution in [-0.2, 0) is 0 Å². The van der Waals surface area contributed by atoms with Crippen molar-refractivity contribution in [1.29, 1.82) is 0 Å². The van der Waals surface area contributed by atoms with E-state index in [4.69, 9.17) is 0 Å². The zero-order valence-corrected chi connectivity index (χ0v) is 11.2. The van der Waals surface area contributed by atoms with E-state index in [0.29, 0.717) is 6.04 Å². The van der Waals surface area contributed by atoms with Gasteiger partial charge in [-0.2, -0.15) is 0 Å². The Morgan fingerprint density at radius 2 is 2.06 bits per heavy atom. The molecule has 2 saturated carbocycles. The van der Waals surface area contributed by atoms with E-state index in [-0.39, 0.29) is 0 Å². The maximum absolute atomic E-state index is 3.79. The average molecular weight is 224 g/mol. The van der Waals surface area contributed by atoms with E-state index in [1.54, 1.807) is 0 Å². The number of nitrogens with zero attached hydrogens (tertiary/aromatic N) is 1. The van der Waals surface area contributed by atoms with Crippen LogP contribution in [0.1, 0.15) is 46.5 Å². The minimum atomic E-state index is 0.687. The van der Waals surface area contributed by atoms with Crippen LogP contribution in [0, 0.1) is 11.8 Å². The summed E-state index contributed by atoms with van der Waals surface area (Å²) in [5, 5.41) is 3.79. The van der Waals surface area contributed by atoms with Gasteiger partial charge in [-0.25, -0.2) is 0 Å². The molecule has 0 heterocycles. The Morgan fingerprint density at radius 1 is 1.25 bits per heavy atom. The van der Waals surface area contributed by atoms with Crippen molar-refractivity contribution in [3.8, 4) is 0 Å². The van der Waals surface area contributed by atoms with Crippen LogP contribution in [0.15, 0.2) is 0 Å². The van der Waals surface area contributed by atoms with E-state index in [1.807, 2.05) is 0 Å². The summed E-state index contributed by atoms with van der Waals surface area (Å²) < 4.78 is 0. The summed E-state index contributed by atoms with van der Waals surface area (Å²) in [5.74, 6) is 2.08. The zero-order chi connectivity index (χ0) is 11.5. The van der Waals surface area contributed by atoms with E-state index in [9.17, 15) is 0 Å². The van der Waals surface area contributed by atoms with Gasteiger partial charge in [-0.15, -0.1) is 0 Å². The Hall–Kier alpha value is -0.0800. The summed E-state index contributed by atoms with van der Waals surface area (Å²) in [6, 6.07) is 1.54. The van der Waals surface area contributed by atoms with Crippen LogP contribution in [0.25, 0.3) is 0 Å². The van der Waals surface area contributed by atoms with Crippen LogP contribution in [0.2, 0.25) is 0 Å². The second-order valence-electron chi connectivity index (χ2n) is 5.96. The van der Waals surface area contributed by atoms with E-state index in [2.05, 4.69) is 31.0 Å². The van der Waals surface area contributed by atoms with Crippen LogP contribution in [-0.4, -0.2) is 36.6 Å². The van der Waals surface area contributed by atoms with Gasteiger partial charge in [-0.1, -0.05) is 13.3 Å². The molecule has 2 rings (SSSR count). The van der Waals surface area contributed by atoms with Crippen LogP contribution in [0.3, 0.4) is 0 Å². The standard InChI is InChI=1S/C14H28N2/c1-4-16(11(2)3)8-7-15-14-10-12-5-6-13(14)9-12/h11-15H,4-10H2,1-3H3. The van der Waals surface area contributed by atoms with Gasteiger partial charge in [0.05, 0.1) is 0 Å². The Balaban J connectivity index is 1.64. The molecule has 0 aromatic heterocycles. The van der Waals surface area contributed by atoms with E-state index in [1.165, 1.54) is 45.3 Å². The molecule has 0 radical (unpaired) electrons. The Morgan fingerprint density at radius 3 is 2.56 bits per heavy atom. The summed E-state index contributed by atoms with van der Waals surface area (Å²) in [5.41, 5.74) is 0. The SMILES string of the molecule is CCN(CCNC1CC2CCC1C2)C(C)C. The normalized spacial score (nSPS) is 33.2. The topological polar surface area (TPSA) is 15.3 Å². The molecule has 3 unspecified atom stereocenters. The first-order valence-corrected chi connectivity index (χ1v) is 7.18. The lowest BCUT2D eigenvalue weighted by atomic mass is 9.95. The minimum Gasteiger partial charge on any atom is -0.312 e. The quantitative estimate of drug-likeness (QED) is 0.746. The summed E-state index contributed by atoms with van der Waals surface area (Å²) in [7, 11) is 0. The monoisotopic (exact) mass is 224 g/mol. The first-order chi connectivity index (χ1) is 7.70. The van der Waals surface area contributed by atoms with Gasteiger partial charge >= 0.3 is 0 Å². The summed E-state index contributed by atoms with van der Waals surface area (Å²) in [6.45, 7) is 10.4. The molecule has 2 aliphatic carbocycles. The number of rotatable bonds is 6. The Kier molecular flexibility index (Phi) is 4.26. The van der Waals surface area contributed by atoms with Crippen molar-refractivity contribution in [2.45, 2.75) is 58.5 Å². The summed E-state index contributed by atoms with van der Waals surface area (Å²) in [6.07, 6.45) is 5.97. The third-order valence-electron chi connectivity index (χ3n) is 4.68. The fraction of sp³-hybridized carbons (Fsp3) is 1.00. The molecular formula is C14H28N2. The van der Waals surface area contributed by atoms with Crippen molar-refractivity contribution < 1.29 is 0 Å². The van der Waals surface area contributed by atoms with E-state index >= 15 is 0 Å². The first kappa shape index (κ1) is 12.4. The van der Waals surface area contributed by atoms with Crippen molar-refractivity contribution in [3.63, 3.8) is 0 Å². The van der Waals surface area contributed by atoms with Crippen molar-refractivity contribution in [2.75, 3.05) is 19.6 Å². The van der Waals surface area contributed by atoms with Gasteiger partial charge in [-0.3, -0.25) is 4.90 Å². The van der Waals surface area contributed by atoms with Gasteiger partial charge in [0, 0.05) is 25.2 Å². The van der Waals surface area contributed by atoms with Gasteiger partial charge in [0.2, 0.25) is 0 Å². The van der Waals surface area contributed by atoms with Crippen LogP contribution in [0.4, 0.5) is 0 Å². The largest absolute Gasteiger partial charge is 0.312 e. The highest BCUT2D eigenvalue weighted by atomic mass is 15.2. The summed E-state index contributed by atoms with van der Waals surface area (Å²) in [4.78, 5) is 2.54. The van der Waals surface area contributed by atoms with E-state index in [0.717, 1.165) is 17.9 Å². The van der Waals surface area contributed by atoms with Gasteiger partial charge < -0.3 is 5.32 Å². The lowest BCUT2D eigenvalue weighted by molar-refractivity contribution is 0.224. The Bertz CT molecular complexity index is 215. The fourth-order valence-electron chi connectivity index (χ4n) is 3.67. The molecule has 2 fully saturated rings. The highest BCUT2D eigenvalue weighted by molar-refractivity contribution is 4.94. The molecule has 2 heteroatoms. The third kappa shape index (κ3) is 2.78. The first-order valence-electron chi connectivity index (χ1n) is 7.18. The van der Waals surface area contributed by atoms with Crippen LogP contribution >= 0.6 is 0 Å². The molecule has 0 aromatic rings. The molecule has 2 aliphatic rings. The molecule has 3 atom stereocenters. The molecule has 0 aromatic carbocycles. The maximum atomic E-state index is 3.79. The van der Waals surface area contributed by atoms with Crippen LogP contribution in [0.5, 0.6) is 0 Å². The lowest BCUT2D eigenvalue weighted by Gasteiger charge is -2.28. The molecule has 94 valence electrons. The van der Waals surface area contributed by atoms with Crippen LogP contribution < -0.4 is 5.32 Å². The molecule has 0 amide bonds. The highest BCUT2D eigenvalue weighted by Gasteiger charge is 2.38. The predicted octanol–water partition coefficient (Wildman–Crippen LogP) is 2.49. The zero-order valence-electron chi connectivity index (χ0n) is 11.2. The van der Waals surface area contributed by atoms with Crippen molar-refractivity contribution in [1.82, 2.24) is 10.2 Å². The Labute approximate surface area is 101 Å². The van der Waals surface area contributed by atoms with Gasteiger partial charge in [-0.05, 0) is 51.5 Å². The molecule has 1 N–H and O–H groups in total. The van der Waals surface area contributed by atoms with E-state index < -0.39 is 0 Å². The molecule has 2 nitrogen and oxygen atoms in total. The maximum Gasteiger partial charge on any atom is 0.0110 e. The predicted molar refractivity (Wildman–Crippen MR) is 69.6 cm³/mol. The second-order valence-corrected chi connectivity index (χ2v) is 5.96. The molecule has 2 bridgehead atoms. The minimum absolute atomic E-state index is 0.687. The highest BCUT2D eigenvalue weighted by Crippen LogP contribution is 2.44. The number of fused-ring (bicyclic) bond motifs is 2. The van der Waals surface area contributed by atoms with Crippen molar-refractivity contribution >= 4 is 0 Å². The average Bonchev–Trinajstić information content (AvgIpc) is 2.85. The summed E-state index contributed by atoms with van der Waals surface area (Å²) >= 11 is 0. The number of hydrogen-bond acceptors (Lipinski definition) is 2. The number of hydrogen-bond donors (Lipinski definition) is 1. The lowest BCUT2D eigenvalue weighted by Crippen LogP contribution is -2.41. The van der Waals surface area contributed by atoms with Crippen molar-refractivity contribution in [3.05, 3.63) is 0 Å². The molecular weight excluding hydrogens is 196 g/mol. The second kappa shape index (κ2) is 5.50. The molecule has 0 aliphatic heterocycles. The number of likely N-dealkylation sites (N-methyl/N-ethyl adjacent to an activating group) is 1. The third-order valence-corrected chi connectivity index (χ3v) is 4.68. The smallest absolute Gasteiger partial charge is 0.0110 e. The van der Waals surface area contributed by atoms with Gasteiger partial charge in [0.15, 0.2) is 0 Å². The molecule has 16 heavy (non-hydrogen) atoms. The van der Waals surface area contributed by atoms with Gasteiger partial charge in [0.1, 0.15) is 0 Å². The molecule has 0 spiro atoms. The molecule has 0 saturated heterocycles.